The zero-order valence-corrected chi connectivity index (χ0v) is 9.96. The van der Waals surface area contributed by atoms with Gasteiger partial charge in [-0.05, 0) is 19.8 Å². The topological polar surface area (TPSA) is 66.4 Å². The van der Waals surface area contributed by atoms with Gasteiger partial charge in [0.15, 0.2) is 0 Å². The molecule has 0 heterocycles. The number of halogens is 3. The predicted octanol–water partition coefficient (Wildman–Crippen LogP) is 1.94. The first-order valence-electron chi connectivity index (χ1n) is 5.80. The van der Waals surface area contributed by atoms with Gasteiger partial charge < -0.3 is 10.4 Å². The van der Waals surface area contributed by atoms with E-state index in [1.807, 2.05) is 0 Å². The third kappa shape index (κ3) is 4.19. The van der Waals surface area contributed by atoms with Crippen LogP contribution in [0.2, 0.25) is 0 Å². The molecule has 0 aromatic rings. The zero-order valence-electron chi connectivity index (χ0n) is 9.96. The van der Waals surface area contributed by atoms with Crippen LogP contribution in [-0.2, 0) is 9.59 Å². The third-order valence-electron chi connectivity index (χ3n) is 3.10. The molecule has 1 aliphatic carbocycles. The number of carboxylic acid groups (broad SMARTS) is 1. The van der Waals surface area contributed by atoms with Gasteiger partial charge in [-0.15, -0.1) is 0 Å². The number of nitrogens with one attached hydrogen (secondary N) is 1. The van der Waals surface area contributed by atoms with Gasteiger partial charge in [0, 0.05) is 6.04 Å². The van der Waals surface area contributed by atoms with Crippen molar-refractivity contribution in [3.05, 3.63) is 0 Å². The van der Waals surface area contributed by atoms with Gasteiger partial charge in [0.05, 0.1) is 18.3 Å². The van der Waals surface area contributed by atoms with E-state index in [2.05, 4.69) is 5.32 Å². The molecule has 0 bridgehead atoms. The highest BCUT2D eigenvalue weighted by Crippen LogP contribution is 2.32. The summed E-state index contributed by atoms with van der Waals surface area (Å²) in [6.07, 6.45) is -4.01. The van der Waals surface area contributed by atoms with Crippen LogP contribution in [0, 0.1) is 11.8 Å². The molecule has 3 atom stereocenters. The largest absolute Gasteiger partial charge is 0.481 e. The Bertz CT molecular complexity index is 330. The van der Waals surface area contributed by atoms with Crippen molar-refractivity contribution in [2.24, 2.45) is 11.8 Å². The molecule has 1 saturated carbocycles. The SMILES string of the molecule is CC(CC(F)(F)F)NC(=O)C1CCCC1C(=O)O. The summed E-state index contributed by atoms with van der Waals surface area (Å²) in [5, 5.41) is 11.1. The molecule has 1 amide bonds. The molecular weight excluding hydrogens is 251 g/mol. The third-order valence-corrected chi connectivity index (χ3v) is 3.10. The molecule has 3 unspecified atom stereocenters. The van der Waals surface area contributed by atoms with Gasteiger partial charge in [-0.2, -0.15) is 13.2 Å². The van der Waals surface area contributed by atoms with E-state index in [1.54, 1.807) is 0 Å². The van der Waals surface area contributed by atoms with Crippen LogP contribution in [0.15, 0.2) is 0 Å². The number of alkyl halides is 3. The van der Waals surface area contributed by atoms with Crippen LogP contribution in [0.1, 0.15) is 32.6 Å². The van der Waals surface area contributed by atoms with E-state index in [4.69, 9.17) is 5.11 Å². The van der Waals surface area contributed by atoms with Gasteiger partial charge in [0.2, 0.25) is 5.91 Å². The standard InChI is InChI=1S/C11H16F3NO3/c1-6(5-11(12,13)14)15-9(16)7-3-2-4-8(7)10(17)18/h6-8H,2-5H2,1H3,(H,15,16)(H,17,18). The molecule has 4 nitrogen and oxygen atoms in total. The lowest BCUT2D eigenvalue weighted by Crippen LogP contribution is -2.41. The summed E-state index contributed by atoms with van der Waals surface area (Å²) in [6.45, 7) is 1.26. The Morgan fingerprint density at radius 1 is 1.33 bits per heavy atom. The van der Waals surface area contributed by atoms with E-state index in [-0.39, 0.29) is 0 Å². The van der Waals surface area contributed by atoms with Crippen LogP contribution < -0.4 is 5.32 Å². The van der Waals surface area contributed by atoms with E-state index in [0.29, 0.717) is 19.3 Å². The van der Waals surface area contributed by atoms with E-state index >= 15 is 0 Å². The minimum atomic E-state index is -4.34. The zero-order chi connectivity index (χ0) is 13.9. The lowest BCUT2D eigenvalue weighted by molar-refractivity contribution is -0.148. The number of carbonyl (C=O) groups is 2. The highest BCUT2D eigenvalue weighted by molar-refractivity contribution is 5.85. The van der Waals surface area contributed by atoms with E-state index in [9.17, 15) is 22.8 Å². The van der Waals surface area contributed by atoms with Crippen LogP contribution in [0.4, 0.5) is 13.2 Å². The molecule has 104 valence electrons. The van der Waals surface area contributed by atoms with Crippen molar-refractivity contribution in [2.75, 3.05) is 0 Å². The molecule has 0 aromatic heterocycles. The summed E-state index contributed by atoms with van der Waals surface area (Å²) in [7, 11) is 0. The fraction of sp³-hybridized carbons (Fsp3) is 0.818. The minimum absolute atomic E-state index is 0.404. The first-order valence-corrected chi connectivity index (χ1v) is 5.80. The maximum absolute atomic E-state index is 12.1. The molecule has 1 fully saturated rings. The van der Waals surface area contributed by atoms with E-state index in [0.717, 1.165) is 0 Å². The number of hydrogen-bond acceptors (Lipinski definition) is 2. The Morgan fingerprint density at radius 3 is 2.39 bits per heavy atom. The number of amides is 1. The Balaban J connectivity index is 2.52. The molecule has 1 rings (SSSR count). The van der Waals surface area contributed by atoms with Crippen molar-refractivity contribution in [1.82, 2.24) is 5.32 Å². The molecule has 0 spiro atoms. The summed E-state index contributed by atoms with van der Waals surface area (Å²) >= 11 is 0. The molecule has 7 heteroatoms. The number of hydrogen-bond donors (Lipinski definition) is 2. The molecular formula is C11H16F3NO3. The summed E-state index contributed by atoms with van der Waals surface area (Å²) in [4.78, 5) is 22.6. The van der Waals surface area contributed by atoms with Crippen molar-refractivity contribution in [2.45, 2.75) is 44.8 Å². The van der Waals surface area contributed by atoms with Gasteiger partial charge in [0.1, 0.15) is 0 Å². The smallest absolute Gasteiger partial charge is 0.391 e. The molecule has 1 aliphatic rings. The summed E-state index contributed by atoms with van der Waals surface area (Å²) in [6, 6.07) is -1.03. The normalized spacial score (nSPS) is 25.8. The second-order valence-electron chi connectivity index (χ2n) is 4.71. The van der Waals surface area contributed by atoms with E-state index < -0.39 is 42.4 Å². The molecule has 0 saturated heterocycles. The van der Waals surface area contributed by atoms with Crippen LogP contribution >= 0.6 is 0 Å². The lowest BCUT2D eigenvalue weighted by Gasteiger charge is -2.20. The first-order chi connectivity index (χ1) is 8.20. The number of carboxylic acids is 1. The number of aliphatic carboxylic acids is 1. The quantitative estimate of drug-likeness (QED) is 0.818. The Morgan fingerprint density at radius 2 is 1.89 bits per heavy atom. The number of rotatable bonds is 4. The van der Waals surface area contributed by atoms with Gasteiger partial charge in [-0.3, -0.25) is 9.59 Å². The Labute approximate surface area is 103 Å². The average molecular weight is 267 g/mol. The minimum Gasteiger partial charge on any atom is -0.481 e. The summed E-state index contributed by atoms with van der Waals surface area (Å²) < 4.78 is 36.3. The maximum atomic E-state index is 12.1. The van der Waals surface area contributed by atoms with Crippen LogP contribution in [0.3, 0.4) is 0 Å². The van der Waals surface area contributed by atoms with Gasteiger partial charge in [0.25, 0.3) is 0 Å². The summed E-state index contributed by atoms with van der Waals surface area (Å²) in [5.74, 6) is -3.13. The van der Waals surface area contributed by atoms with Crippen LogP contribution in [0.5, 0.6) is 0 Å². The Kier molecular flexibility index (Phi) is 4.59. The molecule has 0 aromatic carbocycles. The van der Waals surface area contributed by atoms with Crippen molar-refractivity contribution in [3.63, 3.8) is 0 Å². The van der Waals surface area contributed by atoms with Crippen LogP contribution in [-0.4, -0.2) is 29.2 Å². The van der Waals surface area contributed by atoms with Gasteiger partial charge in [-0.1, -0.05) is 6.42 Å². The first kappa shape index (κ1) is 14.8. The highest BCUT2D eigenvalue weighted by Gasteiger charge is 2.39. The van der Waals surface area contributed by atoms with Crippen molar-refractivity contribution >= 4 is 11.9 Å². The van der Waals surface area contributed by atoms with Gasteiger partial charge in [-0.25, -0.2) is 0 Å². The second-order valence-corrected chi connectivity index (χ2v) is 4.71. The molecule has 2 N–H and O–H groups in total. The molecule has 0 aliphatic heterocycles. The van der Waals surface area contributed by atoms with Crippen molar-refractivity contribution in [3.8, 4) is 0 Å². The Hall–Kier alpha value is -1.27. The van der Waals surface area contributed by atoms with Crippen molar-refractivity contribution < 1.29 is 27.9 Å². The average Bonchev–Trinajstić information content (AvgIpc) is 2.61. The maximum Gasteiger partial charge on any atom is 0.391 e. The molecule has 18 heavy (non-hydrogen) atoms. The van der Waals surface area contributed by atoms with Crippen molar-refractivity contribution in [1.29, 1.82) is 0 Å². The summed E-state index contributed by atoms with van der Waals surface area (Å²) in [5.41, 5.74) is 0. The highest BCUT2D eigenvalue weighted by atomic mass is 19.4. The second kappa shape index (κ2) is 5.58. The van der Waals surface area contributed by atoms with Gasteiger partial charge >= 0.3 is 12.1 Å². The fourth-order valence-electron chi connectivity index (χ4n) is 2.32. The molecule has 0 radical (unpaired) electrons. The fourth-order valence-corrected chi connectivity index (χ4v) is 2.32. The predicted molar refractivity (Wildman–Crippen MR) is 56.7 cm³/mol. The van der Waals surface area contributed by atoms with E-state index in [1.165, 1.54) is 6.92 Å². The lowest BCUT2D eigenvalue weighted by atomic mass is 9.95. The number of carbonyl (C=O) groups excluding carboxylic acids is 1. The van der Waals surface area contributed by atoms with Crippen LogP contribution in [0.25, 0.3) is 0 Å². The monoisotopic (exact) mass is 267 g/mol.